The van der Waals surface area contributed by atoms with Crippen molar-refractivity contribution in [2.24, 2.45) is 0 Å². The van der Waals surface area contributed by atoms with Gasteiger partial charge in [0, 0.05) is 46.7 Å². The van der Waals surface area contributed by atoms with Crippen LogP contribution in [-0.4, -0.2) is 21.3 Å². The van der Waals surface area contributed by atoms with Gasteiger partial charge in [0.25, 0.3) is 0 Å². The zero-order valence-electron chi connectivity index (χ0n) is 19.8. The molecule has 0 fully saturated rings. The molecule has 0 radical (unpaired) electrons. The van der Waals surface area contributed by atoms with Crippen molar-refractivity contribution >= 4 is 17.4 Å². The van der Waals surface area contributed by atoms with Crippen LogP contribution >= 0.6 is 11.6 Å². The summed E-state index contributed by atoms with van der Waals surface area (Å²) in [4.78, 5) is 13.8. The van der Waals surface area contributed by atoms with E-state index in [-0.39, 0.29) is 5.75 Å². The van der Waals surface area contributed by atoms with Crippen molar-refractivity contribution in [1.82, 2.24) is 15.0 Å². The van der Waals surface area contributed by atoms with E-state index in [1.54, 1.807) is 24.5 Å². The van der Waals surface area contributed by atoms with Gasteiger partial charge in [-0.2, -0.15) is 0 Å². The summed E-state index contributed by atoms with van der Waals surface area (Å²) in [5.41, 5.74) is 4.67. The monoisotopic (exact) mass is 532 g/mol. The molecule has 0 aliphatic carbocycles. The number of ether oxygens (including phenoxy) is 1. The van der Waals surface area contributed by atoms with Crippen molar-refractivity contribution in [3.05, 3.63) is 114 Å². The van der Waals surface area contributed by atoms with Crippen LogP contribution in [0.25, 0.3) is 33.8 Å². The SMILES string of the molecule is FC(F)(F)Oc1ccc(-c2cncc(-c3cc(NCc4ccc(Cl)cc4)nc(-c4ccccc4)n3)c2)cc1. The van der Waals surface area contributed by atoms with Gasteiger partial charge >= 0.3 is 6.36 Å². The van der Waals surface area contributed by atoms with Gasteiger partial charge in [0.15, 0.2) is 5.82 Å². The summed E-state index contributed by atoms with van der Waals surface area (Å²) in [6.45, 7) is 0.534. The summed E-state index contributed by atoms with van der Waals surface area (Å²) >= 11 is 6.00. The quantitative estimate of drug-likeness (QED) is 0.230. The number of nitrogens with one attached hydrogen (secondary N) is 1. The van der Waals surface area contributed by atoms with Gasteiger partial charge in [0.05, 0.1) is 5.69 Å². The van der Waals surface area contributed by atoms with Gasteiger partial charge in [0.1, 0.15) is 11.6 Å². The minimum Gasteiger partial charge on any atom is -0.406 e. The molecule has 0 spiro atoms. The number of anilines is 1. The van der Waals surface area contributed by atoms with Crippen molar-refractivity contribution in [1.29, 1.82) is 0 Å². The predicted molar refractivity (Wildman–Crippen MR) is 142 cm³/mol. The molecule has 0 amide bonds. The van der Waals surface area contributed by atoms with Gasteiger partial charge in [-0.25, -0.2) is 9.97 Å². The summed E-state index contributed by atoms with van der Waals surface area (Å²) in [6, 6.07) is 26.5. The van der Waals surface area contributed by atoms with Crippen LogP contribution in [0, 0.1) is 0 Å². The van der Waals surface area contributed by atoms with Crippen LogP contribution in [-0.2, 0) is 6.54 Å². The van der Waals surface area contributed by atoms with Crippen LogP contribution in [0.5, 0.6) is 5.75 Å². The second kappa shape index (κ2) is 10.9. The highest BCUT2D eigenvalue weighted by molar-refractivity contribution is 6.30. The van der Waals surface area contributed by atoms with Crippen LogP contribution in [0.3, 0.4) is 0 Å². The lowest BCUT2D eigenvalue weighted by Gasteiger charge is -2.12. The standard InChI is InChI=1S/C29H20ClF3N4O/c30-24-10-6-19(7-11-24)16-35-27-15-26(36-28(37-27)21-4-2-1-3-5-21)23-14-22(17-34-18-23)20-8-12-25(13-9-20)38-29(31,32)33/h1-15,17-18H,16H2,(H,35,36,37). The fourth-order valence-corrected chi connectivity index (χ4v) is 3.91. The maximum Gasteiger partial charge on any atom is 0.573 e. The molecule has 190 valence electrons. The van der Waals surface area contributed by atoms with Gasteiger partial charge in [-0.1, -0.05) is 66.2 Å². The highest BCUT2D eigenvalue weighted by Gasteiger charge is 2.31. The average Bonchev–Trinajstić information content (AvgIpc) is 2.93. The molecule has 38 heavy (non-hydrogen) atoms. The highest BCUT2D eigenvalue weighted by atomic mass is 35.5. The Morgan fingerprint density at radius 3 is 2.16 bits per heavy atom. The van der Waals surface area contributed by atoms with E-state index in [0.29, 0.717) is 34.5 Å². The molecule has 2 aromatic heterocycles. The van der Waals surface area contributed by atoms with Gasteiger partial charge in [0.2, 0.25) is 0 Å². The lowest BCUT2D eigenvalue weighted by atomic mass is 10.0. The van der Waals surface area contributed by atoms with E-state index in [0.717, 1.165) is 22.3 Å². The Morgan fingerprint density at radius 2 is 1.45 bits per heavy atom. The van der Waals surface area contributed by atoms with Gasteiger partial charge in [-0.05, 0) is 41.5 Å². The molecule has 2 heterocycles. The third kappa shape index (κ3) is 6.46. The molecule has 9 heteroatoms. The Labute approximate surface area is 222 Å². The zero-order valence-corrected chi connectivity index (χ0v) is 20.5. The number of rotatable bonds is 7. The normalized spacial score (nSPS) is 11.3. The first kappa shape index (κ1) is 25.2. The first-order chi connectivity index (χ1) is 18.3. The molecule has 0 unspecified atom stereocenters. The second-order valence-electron chi connectivity index (χ2n) is 8.34. The van der Waals surface area contributed by atoms with E-state index >= 15 is 0 Å². The van der Waals surface area contributed by atoms with Crippen LogP contribution in [0.2, 0.25) is 5.02 Å². The third-order valence-electron chi connectivity index (χ3n) is 5.60. The van der Waals surface area contributed by atoms with Crippen molar-refractivity contribution < 1.29 is 17.9 Å². The number of benzene rings is 3. The van der Waals surface area contributed by atoms with E-state index in [1.165, 1.54) is 12.1 Å². The number of nitrogens with zero attached hydrogens (tertiary/aromatic N) is 3. The first-order valence-electron chi connectivity index (χ1n) is 11.6. The third-order valence-corrected chi connectivity index (χ3v) is 5.85. The van der Waals surface area contributed by atoms with Gasteiger partial charge in [-0.15, -0.1) is 13.2 Å². The Hall–Kier alpha value is -4.43. The van der Waals surface area contributed by atoms with E-state index in [4.69, 9.17) is 21.6 Å². The molecule has 1 N–H and O–H groups in total. The first-order valence-corrected chi connectivity index (χ1v) is 11.9. The molecule has 0 atom stereocenters. The second-order valence-corrected chi connectivity index (χ2v) is 8.78. The molecular weight excluding hydrogens is 513 g/mol. The Bertz CT molecular complexity index is 1530. The molecule has 0 bridgehead atoms. The van der Waals surface area contributed by atoms with Gasteiger partial charge < -0.3 is 10.1 Å². The topological polar surface area (TPSA) is 59.9 Å². The smallest absolute Gasteiger partial charge is 0.406 e. The number of halogens is 4. The molecule has 0 aliphatic rings. The van der Waals surface area contributed by atoms with Crippen LogP contribution in [0.4, 0.5) is 19.0 Å². The summed E-state index contributed by atoms with van der Waals surface area (Å²) in [5, 5.41) is 4.02. The zero-order chi connectivity index (χ0) is 26.5. The number of hydrogen-bond donors (Lipinski definition) is 1. The van der Waals surface area contributed by atoms with Crippen LogP contribution in [0.1, 0.15) is 5.56 Å². The lowest BCUT2D eigenvalue weighted by molar-refractivity contribution is -0.274. The van der Waals surface area contributed by atoms with Crippen molar-refractivity contribution in [2.45, 2.75) is 12.9 Å². The van der Waals surface area contributed by atoms with E-state index in [9.17, 15) is 13.2 Å². The van der Waals surface area contributed by atoms with E-state index in [1.807, 2.05) is 66.7 Å². The molecular formula is C29H20ClF3N4O. The number of alkyl halides is 3. The molecule has 0 saturated carbocycles. The Kier molecular flexibility index (Phi) is 7.24. The lowest BCUT2D eigenvalue weighted by Crippen LogP contribution is -2.16. The summed E-state index contributed by atoms with van der Waals surface area (Å²) in [6.07, 6.45) is -1.42. The highest BCUT2D eigenvalue weighted by Crippen LogP contribution is 2.30. The average molecular weight is 533 g/mol. The van der Waals surface area contributed by atoms with Crippen LogP contribution < -0.4 is 10.1 Å². The fourth-order valence-electron chi connectivity index (χ4n) is 3.78. The Balaban J connectivity index is 1.47. The largest absolute Gasteiger partial charge is 0.573 e. The summed E-state index contributed by atoms with van der Waals surface area (Å²) in [5.74, 6) is 0.883. The molecule has 3 aromatic carbocycles. The van der Waals surface area contributed by atoms with Crippen LogP contribution in [0.15, 0.2) is 103 Å². The van der Waals surface area contributed by atoms with E-state index in [2.05, 4.69) is 15.0 Å². The Morgan fingerprint density at radius 1 is 0.737 bits per heavy atom. The maximum atomic E-state index is 12.5. The molecule has 5 nitrogen and oxygen atoms in total. The molecule has 0 aliphatic heterocycles. The molecule has 0 saturated heterocycles. The van der Waals surface area contributed by atoms with Crippen molar-refractivity contribution in [3.63, 3.8) is 0 Å². The minimum atomic E-state index is -4.74. The minimum absolute atomic E-state index is 0.287. The number of hydrogen-bond acceptors (Lipinski definition) is 5. The predicted octanol–water partition coefficient (Wildman–Crippen LogP) is 8.04. The molecule has 5 aromatic rings. The number of pyridine rings is 1. The number of aromatic nitrogens is 3. The van der Waals surface area contributed by atoms with E-state index < -0.39 is 6.36 Å². The van der Waals surface area contributed by atoms with Crippen molar-refractivity contribution in [3.8, 4) is 39.5 Å². The fraction of sp³-hybridized carbons (Fsp3) is 0.0690. The van der Waals surface area contributed by atoms with Crippen molar-refractivity contribution in [2.75, 3.05) is 5.32 Å². The molecule has 5 rings (SSSR count). The summed E-state index contributed by atoms with van der Waals surface area (Å²) in [7, 11) is 0. The summed E-state index contributed by atoms with van der Waals surface area (Å²) < 4.78 is 41.5. The van der Waals surface area contributed by atoms with Gasteiger partial charge in [-0.3, -0.25) is 4.98 Å². The maximum absolute atomic E-state index is 12.5.